The van der Waals surface area contributed by atoms with Crippen molar-refractivity contribution < 1.29 is 22.7 Å². The van der Waals surface area contributed by atoms with Crippen LogP contribution in [0.5, 0.6) is 11.5 Å². The van der Waals surface area contributed by atoms with Gasteiger partial charge in [-0.05, 0) is 52.0 Å². The Bertz CT molecular complexity index is 1020. The molecule has 0 saturated carbocycles. The monoisotopic (exact) mass is 418 g/mol. The summed E-state index contributed by atoms with van der Waals surface area (Å²) >= 11 is 0. The number of carbonyl (C=O) groups is 1. The van der Waals surface area contributed by atoms with Crippen LogP contribution in [0.25, 0.3) is 0 Å². The lowest BCUT2D eigenvalue weighted by atomic mass is 9.93. The summed E-state index contributed by atoms with van der Waals surface area (Å²) in [5.41, 5.74) is 0.296. The minimum absolute atomic E-state index is 0.0299. The number of para-hydroxylation sites is 1. The topological polar surface area (TPSA) is 84.9 Å². The van der Waals surface area contributed by atoms with Crippen LogP contribution in [0.2, 0.25) is 0 Å². The van der Waals surface area contributed by atoms with Gasteiger partial charge in [-0.2, -0.15) is 0 Å². The first-order chi connectivity index (χ1) is 13.7. The molecule has 2 aromatic rings. The van der Waals surface area contributed by atoms with Crippen molar-refractivity contribution >= 4 is 27.3 Å². The van der Waals surface area contributed by atoms with Crippen LogP contribution in [0.4, 0.5) is 11.4 Å². The molecule has 29 heavy (non-hydrogen) atoms. The van der Waals surface area contributed by atoms with Crippen molar-refractivity contribution in [1.29, 1.82) is 0 Å². The van der Waals surface area contributed by atoms with Crippen molar-refractivity contribution in [3.8, 4) is 11.5 Å². The number of benzene rings is 2. The molecule has 0 saturated heterocycles. The molecule has 0 aromatic heterocycles. The normalized spacial score (nSPS) is 15.9. The van der Waals surface area contributed by atoms with Crippen molar-refractivity contribution in [3.63, 3.8) is 0 Å². The van der Waals surface area contributed by atoms with E-state index in [9.17, 15) is 13.2 Å². The van der Waals surface area contributed by atoms with Crippen molar-refractivity contribution in [2.75, 3.05) is 29.4 Å². The Labute approximate surface area is 171 Å². The molecular formula is C21H26N2O5S. The molecule has 1 amide bonds. The van der Waals surface area contributed by atoms with Gasteiger partial charge in [0, 0.05) is 12.6 Å². The highest BCUT2D eigenvalue weighted by Gasteiger charge is 2.37. The number of fused-ring (bicyclic) bond motifs is 1. The summed E-state index contributed by atoms with van der Waals surface area (Å²) in [6.07, 6.45) is 0. The molecule has 1 aliphatic rings. The lowest BCUT2D eigenvalue weighted by Crippen LogP contribution is -2.42. The standard InChI is InChI=1S/C21H26N2O5S/c1-5-23-16-12-11-15(13-18(16)28-14-21(3,4)20(23)24)22-29(25,26)19-10-8-7-9-17(19)27-6-2/h7-13,22H,5-6,14H2,1-4H3. The molecule has 0 unspecified atom stereocenters. The number of amides is 1. The van der Waals surface area contributed by atoms with E-state index in [1.807, 2.05) is 20.8 Å². The van der Waals surface area contributed by atoms with Crippen molar-refractivity contribution in [3.05, 3.63) is 42.5 Å². The van der Waals surface area contributed by atoms with Crippen LogP contribution in [0, 0.1) is 5.41 Å². The van der Waals surface area contributed by atoms with Crippen LogP contribution >= 0.6 is 0 Å². The number of sulfonamides is 1. The number of hydrogen-bond acceptors (Lipinski definition) is 5. The summed E-state index contributed by atoms with van der Waals surface area (Å²) in [5, 5.41) is 0. The number of anilines is 2. The number of carbonyl (C=O) groups excluding carboxylic acids is 1. The van der Waals surface area contributed by atoms with E-state index in [1.54, 1.807) is 48.2 Å². The molecule has 0 atom stereocenters. The second-order valence-corrected chi connectivity index (χ2v) is 9.04. The zero-order chi connectivity index (χ0) is 21.2. The summed E-state index contributed by atoms with van der Waals surface area (Å²) < 4.78 is 39.7. The minimum atomic E-state index is -3.87. The SMILES string of the molecule is CCOc1ccccc1S(=O)(=O)Nc1ccc2c(c1)OCC(C)(C)C(=O)N2CC. The van der Waals surface area contributed by atoms with Crippen LogP contribution in [-0.2, 0) is 14.8 Å². The van der Waals surface area contributed by atoms with Crippen molar-refractivity contribution in [2.45, 2.75) is 32.6 Å². The lowest BCUT2D eigenvalue weighted by Gasteiger charge is -2.26. The number of hydrogen-bond donors (Lipinski definition) is 1. The molecule has 1 heterocycles. The number of rotatable bonds is 6. The fourth-order valence-corrected chi connectivity index (χ4v) is 4.38. The molecule has 2 aromatic carbocycles. The Morgan fingerprint density at radius 1 is 1.17 bits per heavy atom. The van der Waals surface area contributed by atoms with Gasteiger partial charge in [0.1, 0.15) is 23.0 Å². The predicted molar refractivity (Wildman–Crippen MR) is 112 cm³/mol. The van der Waals surface area contributed by atoms with Crippen LogP contribution in [-0.4, -0.2) is 34.1 Å². The summed E-state index contributed by atoms with van der Waals surface area (Å²) in [7, 11) is -3.87. The molecule has 0 bridgehead atoms. The van der Waals surface area contributed by atoms with Crippen molar-refractivity contribution in [2.24, 2.45) is 5.41 Å². The average molecular weight is 419 g/mol. The maximum atomic E-state index is 12.9. The molecule has 8 heteroatoms. The van der Waals surface area contributed by atoms with E-state index in [-0.39, 0.29) is 23.2 Å². The van der Waals surface area contributed by atoms with Crippen LogP contribution < -0.4 is 19.1 Å². The fourth-order valence-electron chi connectivity index (χ4n) is 3.18. The second-order valence-electron chi connectivity index (χ2n) is 7.39. The van der Waals surface area contributed by atoms with Crippen LogP contribution in [0.15, 0.2) is 47.4 Å². The second kappa shape index (κ2) is 7.94. The smallest absolute Gasteiger partial charge is 0.265 e. The van der Waals surface area contributed by atoms with Gasteiger partial charge in [0.05, 0.1) is 23.4 Å². The first kappa shape index (κ1) is 21.0. The molecule has 1 N–H and O–H groups in total. The zero-order valence-electron chi connectivity index (χ0n) is 17.1. The Morgan fingerprint density at radius 3 is 2.59 bits per heavy atom. The summed E-state index contributed by atoms with van der Waals surface area (Å²) in [5.74, 6) is 0.722. The minimum Gasteiger partial charge on any atom is -0.492 e. The van der Waals surface area contributed by atoms with Crippen LogP contribution in [0.3, 0.4) is 0 Å². The first-order valence-corrected chi connectivity index (χ1v) is 11.0. The summed E-state index contributed by atoms with van der Waals surface area (Å²) in [4.78, 5) is 14.5. The van der Waals surface area contributed by atoms with Gasteiger partial charge >= 0.3 is 0 Å². The van der Waals surface area contributed by atoms with Gasteiger partial charge in [-0.25, -0.2) is 8.42 Å². The largest absolute Gasteiger partial charge is 0.492 e. The van der Waals surface area contributed by atoms with Gasteiger partial charge in [0.25, 0.3) is 10.0 Å². The molecule has 0 radical (unpaired) electrons. The lowest BCUT2D eigenvalue weighted by molar-refractivity contribution is -0.127. The molecule has 7 nitrogen and oxygen atoms in total. The Hall–Kier alpha value is -2.74. The number of ether oxygens (including phenoxy) is 2. The average Bonchev–Trinajstić information content (AvgIpc) is 2.77. The van der Waals surface area contributed by atoms with E-state index < -0.39 is 15.4 Å². The van der Waals surface area contributed by atoms with E-state index >= 15 is 0 Å². The summed E-state index contributed by atoms with van der Waals surface area (Å²) in [6.45, 7) is 8.41. The number of nitrogens with zero attached hydrogens (tertiary/aromatic N) is 1. The Balaban J connectivity index is 1.95. The molecule has 3 rings (SSSR count). The quantitative estimate of drug-likeness (QED) is 0.774. The molecular weight excluding hydrogens is 392 g/mol. The third-order valence-corrected chi connectivity index (χ3v) is 6.09. The first-order valence-electron chi connectivity index (χ1n) is 9.53. The molecule has 0 aliphatic carbocycles. The highest BCUT2D eigenvalue weighted by molar-refractivity contribution is 7.92. The Kier molecular flexibility index (Phi) is 5.75. The molecule has 156 valence electrons. The maximum absolute atomic E-state index is 12.9. The van der Waals surface area contributed by atoms with E-state index in [2.05, 4.69) is 4.72 Å². The maximum Gasteiger partial charge on any atom is 0.265 e. The third-order valence-electron chi connectivity index (χ3n) is 4.67. The highest BCUT2D eigenvalue weighted by Crippen LogP contribution is 2.38. The zero-order valence-corrected chi connectivity index (χ0v) is 17.9. The summed E-state index contributed by atoms with van der Waals surface area (Å²) in [6, 6.07) is 11.4. The van der Waals surface area contributed by atoms with Gasteiger partial charge in [0.2, 0.25) is 5.91 Å². The van der Waals surface area contributed by atoms with Gasteiger partial charge in [0.15, 0.2) is 0 Å². The fraction of sp³-hybridized carbons (Fsp3) is 0.381. The van der Waals surface area contributed by atoms with E-state index in [1.165, 1.54) is 6.07 Å². The van der Waals surface area contributed by atoms with Crippen molar-refractivity contribution in [1.82, 2.24) is 0 Å². The molecule has 0 fully saturated rings. The Morgan fingerprint density at radius 2 is 1.90 bits per heavy atom. The van der Waals surface area contributed by atoms with E-state index in [4.69, 9.17) is 9.47 Å². The van der Waals surface area contributed by atoms with Gasteiger partial charge in [-0.3, -0.25) is 9.52 Å². The van der Waals surface area contributed by atoms with E-state index in [0.717, 1.165) is 0 Å². The number of nitrogens with one attached hydrogen (secondary N) is 1. The van der Waals surface area contributed by atoms with Crippen LogP contribution in [0.1, 0.15) is 27.7 Å². The molecule has 1 aliphatic heterocycles. The predicted octanol–water partition coefficient (Wildman–Crippen LogP) is 3.66. The molecule has 0 spiro atoms. The third kappa shape index (κ3) is 4.17. The highest BCUT2D eigenvalue weighted by atomic mass is 32.2. The van der Waals surface area contributed by atoms with Gasteiger partial charge in [-0.1, -0.05) is 12.1 Å². The van der Waals surface area contributed by atoms with Gasteiger partial charge in [-0.15, -0.1) is 0 Å². The van der Waals surface area contributed by atoms with Gasteiger partial charge < -0.3 is 14.4 Å². The van der Waals surface area contributed by atoms with E-state index in [0.29, 0.717) is 30.3 Å².